The van der Waals surface area contributed by atoms with Crippen molar-refractivity contribution in [2.75, 3.05) is 26.3 Å². The van der Waals surface area contributed by atoms with Crippen molar-refractivity contribution < 1.29 is 13.2 Å². The maximum atomic E-state index is 12.8. The standard InChI is InChI=1S/C16H16N2O3S2/c19-23(20,17-18-8-10-21-11-9-18)15-7-3-5-13-12-4-1-2-6-14(12)22-16(13)15/h1-7,17H,8-11H2. The first kappa shape index (κ1) is 15.0. The van der Waals surface area contributed by atoms with E-state index >= 15 is 0 Å². The SMILES string of the molecule is O=S(=O)(NN1CCOCC1)c1cccc2c1sc1ccccc12. The second kappa shape index (κ2) is 5.85. The highest BCUT2D eigenvalue weighted by Gasteiger charge is 2.23. The Hall–Kier alpha value is -1.51. The molecule has 1 saturated heterocycles. The van der Waals surface area contributed by atoms with Gasteiger partial charge in [0, 0.05) is 28.6 Å². The zero-order valence-electron chi connectivity index (χ0n) is 12.4. The van der Waals surface area contributed by atoms with Crippen LogP contribution in [0.3, 0.4) is 0 Å². The lowest BCUT2D eigenvalue weighted by atomic mass is 10.1. The van der Waals surface area contributed by atoms with Crippen molar-refractivity contribution >= 4 is 41.5 Å². The Labute approximate surface area is 138 Å². The molecule has 0 unspecified atom stereocenters. The number of ether oxygens (including phenoxy) is 1. The van der Waals surface area contributed by atoms with Gasteiger partial charge in [0.25, 0.3) is 10.0 Å². The number of sulfonamides is 1. The van der Waals surface area contributed by atoms with Crippen LogP contribution in [0.15, 0.2) is 47.4 Å². The molecule has 7 heteroatoms. The van der Waals surface area contributed by atoms with E-state index in [1.54, 1.807) is 17.1 Å². The summed E-state index contributed by atoms with van der Waals surface area (Å²) in [6.45, 7) is 2.19. The fourth-order valence-electron chi connectivity index (χ4n) is 2.81. The lowest BCUT2D eigenvalue weighted by Gasteiger charge is -2.26. The summed E-state index contributed by atoms with van der Waals surface area (Å²) in [5.74, 6) is 0. The second-order valence-corrected chi connectivity index (χ2v) is 8.11. The summed E-state index contributed by atoms with van der Waals surface area (Å²) >= 11 is 1.51. The molecule has 5 nitrogen and oxygen atoms in total. The van der Waals surface area contributed by atoms with Crippen LogP contribution in [0.1, 0.15) is 0 Å². The van der Waals surface area contributed by atoms with Gasteiger partial charge in [-0.1, -0.05) is 30.3 Å². The van der Waals surface area contributed by atoms with Gasteiger partial charge in [-0.15, -0.1) is 16.2 Å². The van der Waals surface area contributed by atoms with E-state index in [1.165, 1.54) is 11.3 Å². The first-order valence-corrected chi connectivity index (χ1v) is 9.70. The van der Waals surface area contributed by atoms with E-state index in [0.29, 0.717) is 31.2 Å². The molecule has 0 aliphatic carbocycles. The first-order valence-electron chi connectivity index (χ1n) is 7.40. The summed E-state index contributed by atoms with van der Waals surface area (Å²) in [6.07, 6.45) is 0. The third-order valence-corrected chi connectivity index (χ3v) is 6.68. The largest absolute Gasteiger partial charge is 0.379 e. The highest BCUT2D eigenvalue weighted by molar-refractivity contribution is 7.89. The topological polar surface area (TPSA) is 58.6 Å². The third-order valence-electron chi connectivity index (χ3n) is 3.92. The molecular formula is C16H16N2O3S2. The van der Waals surface area contributed by atoms with E-state index in [9.17, 15) is 8.42 Å². The highest BCUT2D eigenvalue weighted by atomic mass is 32.2. The minimum absolute atomic E-state index is 0.336. The van der Waals surface area contributed by atoms with Crippen molar-refractivity contribution in [3.05, 3.63) is 42.5 Å². The number of hydrazine groups is 1. The minimum atomic E-state index is -3.60. The van der Waals surface area contributed by atoms with Crippen LogP contribution in [-0.4, -0.2) is 39.7 Å². The van der Waals surface area contributed by atoms with Crippen LogP contribution in [-0.2, 0) is 14.8 Å². The Kier molecular flexibility index (Phi) is 3.82. The van der Waals surface area contributed by atoms with Gasteiger partial charge in [0.2, 0.25) is 0 Å². The molecule has 0 amide bonds. The number of morpholine rings is 1. The van der Waals surface area contributed by atoms with E-state index in [4.69, 9.17) is 4.74 Å². The molecule has 0 bridgehead atoms. The molecule has 2 heterocycles. The molecule has 3 aromatic rings. The predicted molar refractivity (Wildman–Crippen MR) is 92.0 cm³/mol. The van der Waals surface area contributed by atoms with Crippen LogP contribution in [0, 0.1) is 0 Å². The van der Waals surface area contributed by atoms with Crippen LogP contribution >= 0.6 is 11.3 Å². The summed E-state index contributed by atoms with van der Waals surface area (Å²) in [4.78, 5) is 3.02. The molecule has 120 valence electrons. The molecule has 0 spiro atoms. The number of benzene rings is 2. The van der Waals surface area contributed by atoms with E-state index in [-0.39, 0.29) is 0 Å². The van der Waals surface area contributed by atoms with E-state index in [1.807, 2.05) is 30.3 Å². The average molecular weight is 348 g/mol. The van der Waals surface area contributed by atoms with Crippen molar-refractivity contribution in [3.8, 4) is 0 Å². The van der Waals surface area contributed by atoms with Gasteiger partial charge in [-0.3, -0.25) is 0 Å². The van der Waals surface area contributed by atoms with Gasteiger partial charge >= 0.3 is 0 Å². The van der Waals surface area contributed by atoms with Crippen molar-refractivity contribution in [1.29, 1.82) is 0 Å². The number of hydrogen-bond donors (Lipinski definition) is 1. The van der Waals surface area contributed by atoms with Gasteiger partial charge in [0.15, 0.2) is 0 Å². The summed E-state index contributed by atoms with van der Waals surface area (Å²) < 4.78 is 32.8. The molecular weight excluding hydrogens is 332 g/mol. The van der Waals surface area contributed by atoms with Crippen LogP contribution in [0.25, 0.3) is 20.2 Å². The number of fused-ring (bicyclic) bond motifs is 3. The van der Waals surface area contributed by atoms with Gasteiger partial charge < -0.3 is 4.74 Å². The van der Waals surface area contributed by atoms with Crippen LogP contribution in [0.5, 0.6) is 0 Å². The molecule has 4 rings (SSSR count). The summed E-state index contributed by atoms with van der Waals surface area (Å²) in [5, 5.41) is 3.77. The molecule has 1 aliphatic rings. The number of thiophene rings is 1. The van der Waals surface area contributed by atoms with Crippen LogP contribution < -0.4 is 4.83 Å². The monoisotopic (exact) mass is 348 g/mol. The van der Waals surface area contributed by atoms with Crippen LogP contribution in [0.2, 0.25) is 0 Å². The van der Waals surface area contributed by atoms with Crippen molar-refractivity contribution in [2.24, 2.45) is 0 Å². The molecule has 1 fully saturated rings. The van der Waals surface area contributed by atoms with Gasteiger partial charge in [0.05, 0.1) is 17.9 Å². The Morgan fingerprint density at radius 1 is 1.00 bits per heavy atom. The Morgan fingerprint density at radius 3 is 2.57 bits per heavy atom. The summed E-state index contributed by atoms with van der Waals surface area (Å²) in [5.41, 5.74) is 0. The number of rotatable bonds is 3. The van der Waals surface area contributed by atoms with E-state index < -0.39 is 10.0 Å². The summed E-state index contributed by atoms with van der Waals surface area (Å²) in [7, 11) is -3.60. The molecule has 2 aromatic carbocycles. The predicted octanol–water partition coefficient (Wildman–Crippen LogP) is 2.58. The molecule has 1 aromatic heterocycles. The average Bonchev–Trinajstić information content (AvgIpc) is 2.94. The molecule has 1 aliphatic heterocycles. The zero-order chi connectivity index (χ0) is 15.9. The lowest BCUT2D eigenvalue weighted by Crippen LogP contribution is -2.48. The van der Waals surface area contributed by atoms with E-state index in [2.05, 4.69) is 4.83 Å². The smallest absolute Gasteiger partial charge is 0.254 e. The number of nitrogens with one attached hydrogen (secondary N) is 1. The molecule has 1 N–H and O–H groups in total. The Balaban J connectivity index is 1.81. The maximum Gasteiger partial charge on any atom is 0.254 e. The van der Waals surface area contributed by atoms with Crippen molar-refractivity contribution in [2.45, 2.75) is 4.90 Å². The van der Waals surface area contributed by atoms with Gasteiger partial charge in [-0.05, 0) is 12.1 Å². The quantitative estimate of drug-likeness (QED) is 0.790. The van der Waals surface area contributed by atoms with E-state index in [0.717, 1.165) is 20.2 Å². The highest BCUT2D eigenvalue weighted by Crippen LogP contribution is 2.37. The molecule has 0 saturated carbocycles. The Bertz CT molecular complexity index is 960. The number of nitrogens with zero attached hydrogens (tertiary/aromatic N) is 1. The molecule has 0 radical (unpaired) electrons. The third kappa shape index (κ3) is 2.75. The minimum Gasteiger partial charge on any atom is -0.379 e. The van der Waals surface area contributed by atoms with Crippen molar-refractivity contribution in [1.82, 2.24) is 9.84 Å². The van der Waals surface area contributed by atoms with Crippen LogP contribution in [0.4, 0.5) is 0 Å². The second-order valence-electron chi connectivity index (χ2n) is 5.43. The molecule has 0 atom stereocenters. The maximum absolute atomic E-state index is 12.8. The van der Waals surface area contributed by atoms with Gasteiger partial charge in [-0.25, -0.2) is 13.4 Å². The lowest BCUT2D eigenvalue weighted by molar-refractivity contribution is 0.0272. The summed E-state index contributed by atoms with van der Waals surface area (Å²) in [6, 6.07) is 13.4. The van der Waals surface area contributed by atoms with Crippen molar-refractivity contribution in [3.63, 3.8) is 0 Å². The van der Waals surface area contributed by atoms with Gasteiger partial charge in [-0.2, -0.15) is 0 Å². The van der Waals surface area contributed by atoms with Gasteiger partial charge in [0.1, 0.15) is 4.90 Å². The zero-order valence-corrected chi connectivity index (χ0v) is 14.0. The first-order chi connectivity index (χ1) is 11.1. The molecule has 23 heavy (non-hydrogen) atoms. The number of hydrogen-bond acceptors (Lipinski definition) is 5. The Morgan fingerprint density at radius 2 is 1.74 bits per heavy atom. The normalized spacial score (nSPS) is 17.0. The fraction of sp³-hybridized carbons (Fsp3) is 0.250. The fourth-order valence-corrected chi connectivity index (χ4v) is 5.60.